The molecule has 0 heterocycles. The maximum Gasteiger partial charge on any atom is 0.161 e. The van der Waals surface area contributed by atoms with Crippen molar-refractivity contribution in [1.29, 1.82) is 5.26 Å². The first kappa shape index (κ1) is 17.9. The molecule has 1 N–H and O–H groups in total. The molecule has 0 unspecified atom stereocenters. The molecule has 2 aromatic carbocycles. The van der Waals surface area contributed by atoms with Gasteiger partial charge < -0.3 is 14.8 Å². The van der Waals surface area contributed by atoms with Gasteiger partial charge in [-0.05, 0) is 29.7 Å². The van der Waals surface area contributed by atoms with E-state index in [1.807, 2.05) is 42.5 Å². The number of hydrogen-bond donors (Lipinski definition) is 1. The first-order valence-corrected chi connectivity index (χ1v) is 8.28. The largest absolute Gasteiger partial charge is 0.493 e. The molecular weight excluding hydrogens is 368 g/mol. The third-order valence-corrected chi connectivity index (χ3v) is 4.29. The van der Waals surface area contributed by atoms with Crippen molar-refractivity contribution in [2.24, 2.45) is 0 Å². The summed E-state index contributed by atoms with van der Waals surface area (Å²) in [7, 11) is 3.24. The summed E-state index contributed by atoms with van der Waals surface area (Å²) in [5, 5.41) is 12.3. The molecule has 124 valence electrons. The second-order valence-corrected chi connectivity index (χ2v) is 5.88. The average molecular weight is 387 g/mol. The number of methoxy groups -OCH3 is 2. The predicted octanol–water partition coefficient (Wildman–Crippen LogP) is 4.16. The lowest BCUT2D eigenvalue weighted by Gasteiger charge is -2.14. The summed E-state index contributed by atoms with van der Waals surface area (Å²) in [5.41, 5.74) is 2.91. The van der Waals surface area contributed by atoms with E-state index in [0.717, 1.165) is 27.7 Å². The Bertz CT molecular complexity index is 752. The molecule has 4 nitrogen and oxygen atoms in total. The van der Waals surface area contributed by atoms with Crippen LogP contribution in [0.5, 0.6) is 11.5 Å². The topological polar surface area (TPSA) is 54.3 Å². The summed E-state index contributed by atoms with van der Waals surface area (Å²) < 4.78 is 11.6. The van der Waals surface area contributed by atoms with Gasteiger partial charge in [0.15, 0.2) is 11.5 Å². The van der Waals surface area contributed by atoms with Crippen LogP contribution in [0.1, 0.15) is 11.1 Å². The highest BCUT2D eigenvalue weighted by Crippen LogP contribution is 2.33. The van der Waals surface area contributed by atoms with Crippen molar-refractivity contribution in [1.82, 2.24) is 5.32 Å². The van der Waals surface area contributed by atoms with Crippen LogP contribution < -0.4 is 14.8 Å². The molecule has 0 atom stereocenters. The number of nitrogens with one attached hydrogen (secondary N) is 1. The Morgan fingerprint density at radius 2 is 1.83 bits per heavy atom. The Morgan fingerprint density at radius 1 is 1.17 bits per heavy atom. The quantitative estimate of drug-likeness (QED) is 0.725. The molecule has 0 saturated heterocycles. The van der Waals surface area contributed by atoms with E-state index in [1.165, 1.54) is 6.08 Å². The van der Waals surface area contributed by atoms with Crippen LogP contribution in [-0.2, 0) is 6.42 Å². The normalized spacial score (nSPS) is 10.8. The van der Waals surface area contributed by atoms with E-state index in [-0.39, 0.29) is 0 Å². The summed E-state index contributed by atoms with van der Waals surface area (Å²) in [6.45, 7) is 0.691. The average Bonchev–Trinajstić information content (AvgIpc) is 2.62. The summed E-state index contributed by atoms with van der Waals surface area (Å²) in [5.74, 6) is 1.39. The second-order valence-electron chi connectivity index (χ2n) is 5.03. The van der Waals surface area contributed by atoms with Gasteiger partial charge >= 0.3 is 0 Å². The summed E-state index contributed by atoms with van der Waals surface area (Å²) in [6, 6.07) is 15.8. The fraction of sp³-hybridized carbons (Fsp3) is 0.211. The lowest BCUT2D eigenvalue weighted by atomic mass is 10.1. The van der Waals surface area contributed by atoms with Gasteiger partial charge in [-0.3, -0.25) is 0 Å². The van der Waals surface area contributed by atoms with E-state index in [4.69, 9.17) is 14.7 Å². The fourth-order valence-corrected chi connectivity index (χ4v) is 2.86. The molecule has 0 aliphatic carbocycles. The van der Waals surface area contributed by atoms with Crippen molar-refractivity contribution in [3.63, 3.8) is 0 Å². The van der Waals surface area contributed by atoms with E-state index >= 15 is 0 Å². The molecule has 0 amide bonds. The molecule has 0 spiro atoms. The molecule has 24 heavy (non-hydrogen) atoms. The number of hydrogen-bond acceptors (Lipinski definition) is 4. The van der Waals surface area contributed by atoms with Crippen molar-refractivity contribution in [3.8, 4) is 17.6 Å². The van der Waals surface area contributed by atoms with E-state index in [9.17, 15) is 0 Å². The maximum atomic E-state index is 8.98. The van der Waals surface area contributed by atoms with Gasteiger partial charge in [0.05, 0.1) is 26.0 Å². The molecule has 0 bridgehead atoms. The Hall–Kier alpha value is -2.45. The van der Waals surface area contributed by atoms with Crippen molar-refractivity contribution in [2.75, 3.05) is 20.8 Å². The molecule has 2 aromatic rings. The predicted molar refractivity (Wildman–Crippen MR) is 99.0 cm³/mol. The number of nitriles is 1. The smallest absolute Gasteiger partial charge is 0.161 e. The lowest BCUT2D eigenvalue weighted by Crippen LogP contribution is -2.16. The van der Waals surface area contributed by atoms with E-state index < -0.39 is 0 Å². The highest BCUT2D eigenvalue weighted by Gasteiger charge is 2.09. The SMILES string of the molecule is COc1cc(Br)c(CCN/C(=C\C#N)c2ccccc2)cc1OC. The monoisotopic (exact) mass is 386 g/mol. The Labute approximate surface area is 150 Å². The molecule has 5 heteroatoms. The van der Waals surface area contributed by atoms with Gasteiger partial charge in [0.1, 0.15) is 0 Å². The van der Waals surface area contributed by atoms with Crippen LogP contribution in [0, 0.1) is 11.3 Å². The number of halogens is 1. The number of rotatable bonds is 7. The Balaban J connectivity index is 2.08. The first-order chi connectivity index (χ1) is 11.7. The first-order valence-electron chi connectivity index (χ1n) is 7.49. The van der Waals surface area contributed by atoms with Gasteiger partial charge in [0.2, 0.25) is 0 Å². The number of nitrogens with zero attached hydrogens (tertiary/aromatic N) is 1. The molecule has 0 fully saturated rings. The van der Waals surface area contributed by atoms with Crippen LogP contribution in [0.4, 0.5) is 0 Å². The number of allylic oxidation sites excluding steroid dienone is 1. The Kier molecular flexibility index (Phi) is 6.71. The second kappa shape index (κ2) is 8.99. The summed E-state index contributed by atoms with van der Waals surface area (Å²) in [4.78, 5) is 0. The minimum absolute atomic E-state index is 0.690. The number of benzene rings is 2. The third-order valence-electron chi connectivity index (χ3n) is 3.56. The van der Waals surface area contributed by atoms with Crippen molar-refractivity contribution in [2.45, 2.75) is 6.42 Å². The summed E-state index contributed by atoms with van der Waals surface area (Å²) >= 11 is 3.56. The molecule has 0 aliphatic heterocycles. The summed E-state index contributed by atoms with van der Waals surface area (Å²) in [6.07, 6.45) is 2.30. The van der Waals surface area contributed by atoms with Crippen LogP contribution in [0.15, 0.2) is 53.0 Å². The van der Waals surface area contributed by atoms with Crippen molar-refractivity contribution in [3.05, 3.63) is 64.1 Å². The standard InChI is InChI=1S/C19H19BrN2O2/c1-23-18-12-15(16(20)13-19(18)24-2)9-11-22-17(8-10-21)14-6-4-3-5-7-14/h3-8,12-13,22H,9,11H2,1-2H3/b17-8-. The van der Waals surface area contributed by atoms with Crippen LogP contribution in [0.3, 0.4) is 0 Å². The third kappa shape index (κ3) is 4.53. The molecule has 2 rings (SSSR count). The van der Waals surface area contributed by atoms with Gasteiger partial charge in [0, 0.05) is 17.1 Å². The lowest BCUT2D eigenvalue weighted by molar-refractivity contribution is 0.354. The van der Waals surface area contributed by atoms with Gasteiger partial charge in [0.25, 0.3) is 0 Å². The molecule has 0 aliphatic rings. The zero-order valence-electron chi connectivity index (χ0n) is 13.7. The van der Waals surface area contributed by atoms with Crippen molar-refractivity contribution >= 4 is 21.6 Å². The van der Waals surface area contributed by atoms with Gasteiger partial charge in [-0.1, -0.05) is 46.3 Å². The van der Waals surface area contributed by atoms with Gasteiger partial charge in [-0.2, -0.15) is 5.26 Å². The van der Waals surface area contributed by atoms with E-state index in [0.29, 0.717) is 18.0 Å². The van der Waals surface area contributed by atoms with E-state index in [2.05, 4.69) is 27.3 Å². The zero-order valence-corrected chi connectivity index (χ0v) is 15.3. The molecule has 0 saturated carbocycles. The minimum Gasteiger partial charge on any atom is -0.493 e. The van der Waals surface area contributed by atoms with Gasteiger partial charge in [-0.15, -0.1) is 0 Å². The maximum absolute atomic E-state index is 8.98. The number of ether oxygens (including phenoxy) is 2. The van der Waals surface area contributed by atoms with Crippen molar-refractivity contribution < 1.29 is 9.47 Å². The molecule has 0 aromatic heterocycles. The molecular formula is C19H19BrN2O2. The fourth-order valence-electron chi connectivity index (χ4n) is 2.34. The van der Waals surface area contributed by atoms with E-state index in [1.54, 1.807) is 14.2 Å². The Morgan fingerprint density at radius 3 is 2.46 bits per heavy atom. The van der Waals surface area contributed by atoms with Crippen LogP contribution in [0.2, 0.25) is 0 Å². The van der Waals surface area contributed by atoms with Crippen LogP contribution >= 0.6 is 15.9 Å². The van der Waals surface area contributed by atoms with Crippen LogP contribution in [-0.4, -0.2) is 20.8 Å². The highest BCUT2D eigenvalue weighted by molar-refractivity contribution is 9.10. The highest BCUT2D eigenvalue weighted by atomic mass is 79.9. The van der Waals surface area contributed by atoms with Crippen LogP contribution in [0.25, 0.3) is 5.70 Å². The minimum atomic E-state index is 0.690. The molecule has 0 radical (unpaired) electrons. The zero-order chi connectivity index (χ0) is 17.4. The van der Waals surface area contributed by atoms with Gasteiger partial charge in [-0.25, -0.2) is 0 Å².